The molecule has 0 atom stereocenters. The van der Waals surface area contributed by atoms with Gasteiger partial charge in [-0.25, -0.2) is 4.39 Å². The second-order valence-corrected chi connectivity index (χ2v) is 3.88. The van der Waals surface area contributed by atoms with E-state index >= 15 is 0 Å². The highest BCUT2D eigenvalue weighted by Crippen LogP contribution is 2.31. The summed E-state index contributed by atoms with van der Waals surface area (Å²) in [7, 11) is 0. The number of hydrogen-bond donors (Lipinski definition) is 0. The first kappa shape index (κ1) is 9.85. The third-order valence-corrected chi connectivity index (χ3v) is 2.87. The monoisotopic (exact) mass is 345 g/mol. The van der Waals surface area contributed by atoms with Crippen molar-refractivity contribution >= 4 is 44.2 Å². The van der Waals surface area contributed by atoms with E-state index in [9.17, 15) is 14.5 Å². The number of nitrogens with zero attached hydrogens (tertiary/aromatic N) is 1. The van der Waals surface area contributed by atoms with Crippen molar-refractivity contribution < 1.29 is 9.31 Å². The molecule has 0 radical (unpaired) electrons. The first-order valence-corrected chi connectivity index (χ1v) is 4.69. The van der Waals surface area contributed by atoms with Crippen molar-refractivity contribution in [1.82, 2.24) is 0 Å². The molecule has 1 rings (SSSR count). The molecule has 0 heterocycles. The van der Waals surface area contributed by atoms with E-state index in [1.807, 2.05) is 0 Å². The van der Waals surface area contributed by atoms with Gasteiger partial charge in [-0.1, -0.05) is 0 Å². The zero-order chi connectivity index (χ0) is 9.30. The number of nitro groups is 1. The molecule has 0 fully saturated rings. The van der Waals surface area contributed by atoms with E-state index in [-0.39, 0.29) is 9.26 Å². The molecule has 6 heteroatoms. The minimum Gasteiger partial charge on any atom is -0.258 e. The predicted octanol–water partition coefficient (Wildman–Crippen LogP) is 3.10. The van der Waals surface area contributed by atoms with Crippen molar-refractivity contribution in [3.63, 3.8) is 0 Å². The zero-order valence-corrected chi connectivity index (χ0v) is 9.30. The van der Waals surface area contributed by atoms with Gasteiger partial charge in [-0.3, -0.25) is 10.1 Å². The molecule has 0 amide bonds. The molecule has 0 aliphatic carbocycles. The van der Waals surface area contributed by atoms with Crippen molar-refractivity contribution in [1.29, 1.82) is 0 Å². The second-order valence-electron chi connectivity index (χ2n) is 1.95. The quantitative estimate of drug-likeness (QED) is 0.340. The lowest BCUT2D eigenvalue weighted by atomic mass is 10.3. The lowest BCUT2D eigenvalue weighted by Gasteiger charge is -1.98. The molecule has 3 nitrogen and oxygen atoms in total. The van der Waals surface area contributed by atoms with Gasteiger partial charge in [0, 0.05) is 0 Å². The summed E-state index contributed by atoms with van der Waals surface area (Å²) in [4.78, 5) is 9.78. The summed E-state index contributed by atoms with van der Waals surface area (Å²) in [6.07, 6.45) is 0. The molecule has 0 saturated heterocycles. The van der Waals surface area contributed by atoms with Crippen molar-refractivity contribution in [2.45, 2.75) is 0 Å². The number of rotatable bonds is 1. The van der Waals surface area contributed by atoms with E-state index in [2.05, 4.69) is 15.9 Å². The second kappa shape index (κ2) is 3.65. The van der Waals surface area contributed by atoms with Crippen LogP contribution in [0.2, 0.25) is 0 Å². The molecular formula is C6H2BrFINO2. The molecule has 12 heavy (non-hydrogen) atoms. The zero-order valence-electron chi connectivity index (χ0n) is 5.55. The Balaban J connectivity index is 3.43. The molecular weight excluding hydrogens is 344 g/mol. The molecule has 1 aromatic carbocycles. The van der Waals surface area contributed by atoms with E-state index in [1.54, 1.807) is 22.6 Å². The van der Waals surface area contributed by atoms with Crippen LogP contribution in [-0.2, 0) is 0 Å². The van der Waals surface area contributed by atoms with Crippen LogP contribution < -0.4 is 0 Å². The fourth-order valence-electron chi connectivity index (χ4n) is 0.684. The lowest BCUT2D eigenvalue weighted by molar-refractivity contribution is -0.386. The van der Waals surface area contributed by atoms with Gasteiger partial charge in [0.25, 0.3) is 5.69 Å². The maximum atomic E-state index is 12.8. The van der Waals surface area contributed by atoms with Crippen LogP contribution in [0.4, 0.5) is 10.1 Å². The van der Waals surface area contributed by atoms with Gasteiger partial charge in [0.2, 0.25) is 0 Å². The Morgan fingerprint density at radius 2 is 2.17 bits per heavy atom. The van der Waals surface area contributed by atoms with Crippen LogP contribution in [-0.4, -0.2) is 4.92 Å². The smallest absolute Gasteiger partial charge is 0.258 e. The summed E-state index contributed by atoms with van der Waals surface area (Å²) in [6, 6.07) is 2.49. The Hall–Kier alpha value is -0.240. The first-order valence-electron chi connectivity index (χ1n) is 2.82. The maximum Gasteiger partial charge on any atom is 0.299 e. The fraction of sp³-hybridized carbons (Fsp3) is 0. The third kappa shape index (κ3) is 1.74. The number of benzene rings is 1. The molecule has 0 aromatic heterocycles. The summed E-state index contributed by atoms with van der Waals surface area (Å²) in [5.74, 6) is -0.578. The van der Waals surface area contributed by atoms with Gasteiger partial charge in [-0.2, -0.15) is 0 Å². The summed E-state index contributed by atoms with van der Waals surface area (Å²) in [6.45, 7) is 0. The van der Waals surface area contributed by atoms with Crippen LogP contribution in [0, 0.1) is 19.5 Å². The third-order valence-electron chi connectivity index (χ3n) is 1.20. The Kier molecular flexibility index (Phi) is 2.99. The largest absolute Gasteiger partial charge is 0.299 e. The first-order chi connectivity index (χ1) is 5.54. The lowest BCUT2D eigenvalue weighted by Crippen LogP contribution is -1.95. The fourth-order valence-corrected chi connectivity index (χ4v) is 2.20. The summed E-state index contributed by atoms with van der Waals surface area (Å²) >= 11 is 4.57. The van der Waals surface area contributed by atoms with Crippen molar-refractivity contribution in [3.05, 3.63) is 36.1 Å². The average molecular weight is 346 g/mol. The predicted molar refractivity (Wildman–Crippen MR) is 53.5 cm³/mol. The van der Waals surface area contributed by atoms with Gasteiger partial charge in [0.05, 0.1) is 9.40 Å². The highest BCUT2D eigenvalue weighted by molar-refractivity contribution is 14.1. The van der Waals surface area contributed by atoms with Crippen molar-refractivity contribution in [2.24, 2.45) is 0 Å². The molecule has 0 N–H and O–H groups in total. The Morgan fingerprint density at radius 3 is 2.58 bits per heavy atom. The van der Waals surface area contributed by atoms with Crippen LogP contribution in [0.3, 0.4) is 0 Å². The standard InChI is InChI=1S/C6H2BrFINO2/c7-3-1-2-4(8)5(9)6(3)10(11)12/h1-2H. The highest BCUT2D eigenvalue weighted by atomic mass is 127. The Labute approximate surface area is 89.4 Å². The van der Waals surface area contributed by atoms with Crippen LogP contribution >= 0.6 is 38.5 Å². The maximum absolute atomic E-state index is 12.8. The summed E-state index contributed by atoms with van der Waals surface area (Å²) in [5.41, 5.74) is -0.226. The van der Waals surface area contributed by atoms with Gasteiger partial charge in [0.15, 0.2) is 0 Å². The van der Waals surface area contributed by atoms with E-state index < -0.39 is 10.7 Å². The van der Waals surface area contributed by atoms with E-state index in [0.717, 1.165) is 0 Å². The van der Waals surface area contributed by atoms with Crippen LogP contribution in [0.15, 0.2) is 16.6 Å². The van der Waals surface area contributed by atoms with Crippen LogP contribution in [0.1, 0.15) is 0 Å². The van der Waals surface area contributed by atoms with Crippen LogP contribution in [0.5, 0.6) is 0 Å². The van der Waals surface area contributed by atoms with Gasteiger partial charge >= 0.3 is 0 Å². The molecule has 0 aliphatic heterocycles. The van der Waals surface area contributed by atoms with E-state index in [1.165, 1.54) is 12.1 Å². The minimum absolute atomic E-state index is 0.0203. The SMILES string of the molecule is O=[N+]([O-])c1c(Br)ccc(F)c1I. The van der Waals surface area contributed by atoms with Gasteiger partial charge < -0.3 is 0 Å². The van der Waals surface area contributed by atoms with Crippen LogP contribution in [0.25, 0.3) is 0 Å². The molecule has 64 valence electrons. The average Bonchev–Trinajstić information content (AvgIpc) is 1.97. The molecule has 0 aliphatic rings. The van der Waals surface area contributed by atoms with Gasteiger partial charge in [0.1, 0.15) is 9.39 Å². The summed E-state index contributed by atoms with van der Waals surface area (Å²) in [5, 5.41) is 10.4. The number of halogens is 3. The molecule has 0 saturated carbocycles. The van der Waals surface area contributed by atoms with Crippen molar-refractivity contribution in [2.75, 3.05) is 0 Å². The Morgan fingerprint density at radius 1 is 1.58 bits per heavy atom. The number of nitro benzene ring substituents is 1. The molecule has 1 aromatic rings. The molecule has 0 bridgehead atoms. The molecule has 0 spiro atoms. The Bertz CT molecular complexity index is 345. The van der Waals surface area contributed by atoms with E-state index in [0.29, 0.717) is 4.47 Å². The van der Waals surface area contributed by atoms with Gasteiger partial charge in [-0.05, 0) is 50.7 Å². The highest BCUT2D eigenvalue weighted by Gasteiger charge is 2.19. The van der Waals surface area contributed by atoms with Crippen molar-refractivity contribution in [3.8, 4) is 0 Å². The number of hydrogen-bond acceptors (Lipinski definition) is 2. The summed E-state index contributed by atoms with van der Waals surface area (Å²) < 4.78 is 13.1. The topological polar surface area (TPSA) is 43.1 Å². The van der Waals surface area contributed by atoms with E-state index in [4.69, 9.17) is 0 Å². The van der Waals surface area contributed by atoms with Gasteiger partial charge in [-0.15, -0.1) is 0 Å². The molecule has 0 unspecified atom stereocenters. The minimum atomic E-state index is -0.616. The normalized spacial score (nSPS) is 9.92.